The Morgan fingerprint density at radius 3 is 2.62 bits per heavy atom. The topological polar surface area (TPSA) is 64.6 Å². The Hall–Kier alpha value is -3.10. The fourth-order valence-electron chi connectivity index (χ4n) is 4.12. The standard InChI is InChI=1S/C24H26N6OS/c1-16-9-10-20-19(13-16)23(31)29(3)21-15-25-24(27-22(21)28(20)2)26-17-7-6-8-18(14-17)32-30-11-4-5-12-30/h6-10,13-15H,4-5,11-12H2,1-3H3,(H,25,26,27). The van der Waals surface area contributed by atoms with Gasteiger partial charge in [-0.3, -0.25) is 4.79 Å². The second-order valence-corrected chi connectivity index (χ2v) is 9.40. The lowest BCUT2D eigenvalue weighted by Crippen LogP contribution is -2.25. The van der Waals surface area contributed by atoms with Gasteiger partial charge < -0.3 is 15.1 Å². The van der Waals surface area contributed by atoms with Gasteiger partial charge in [0.15, 0.2) is 5.82 Å². The number of aryl methyl sites for hydroxylation is 1. The molecular weight excluding hydrogens is 420 g/mol. The number of nitrogens with zero attached hydrogens (tertiary/aromatic N) is 5. The third kappa shape index (κ3) is 3.91. The molecule has 1 aromatic heterocycles. The molecule has 0 spiro atoms. The van der Waals surface area contributed by atoms with Crippen molar-refractivity contribution in [3.05, 3.63) is 59.8 Å². The molecule has 0 unspecified atom stereocenters. The summed E-state index contributed by atoms with van der Waals surface area (Å²) in [5.41, 5.74) is 4.15. The summed E-state index contributed by atoms with van der Waals surface area (Å²) in [6.07, 6.45) is 4.24. The molecule has 0 aliphatic carbocycles. The number of aromatic nitrogens is 2. The molecule has 1 saturated heterocycles. The minimum Gasteiger partial charge on any atom is -0.327 e. The molecule has 0 bridgehead atoms. The highest BCUT2D eigenvalue weighted by atomic mass is 32.2. The number of hydrogen-bond acceptors (Lipinski definition) is 7. The minimum atomic E-state index is -0.0646. The van der Waals surface area contributed by atoms with Gasteiger partial charge in [0.1, 0.15) is 5.69 Å². The average Bonchev–Trinajstić information content (AvgIpc) is 3.28. The van der Waals surface area contributed by atoms with E-state index in [0.29, 0.717) is 23.0 Å². The van der Waals surface area contributed by atoms with Gasteiger partial charge in [-0.05, 0) is 62.0 Å². The van der Waals surface area contributed by atoms with Crippen molar-refractivity contribution in [1.82, 2.24) is 14.3 Å². The molecule has 0 radical (unpaired) electrons. The number of benzene rings is 2. The molecule has 164 valence electrons. The van der Waals surface area contributed by atoms with Crippen LogP contribution in [0.5, 0.6) is 0 Å². The first-order valence-electron chi connectivity index (χ1n) is 10.8. The van der Waals surface area contributed by atoms with Gasteiger partial charge in [0.2, 0.25) is 5.95 Å². The normalized spacial score (nSPS) is 16.0. The van der Waals surface area contributed by atoms with E-state index < -0.39 is 0 Å². The lowest BCUT2D eigenvalue weighted by Gasteiger charge is -2.21. The molecule has 3 heterocycles. The third-order valence-electron chi connectivity index (χ3n) is 5.87. The molecule has 2 aromatic carbocycles. The van der Waals surface area contributed by atoms with Gasteiger partial charge in [0, 0.05) is 37.8 Å². The number of carbonyl (C=O) groups excluding carboxylic acids is 1. The van der Waals surface area contributed by atoms with Crippen LogP contribution in [0.15, 0.2) is 53.6 Å². The van der Waals surface area contributed by atoms with Crippen LogP contribution in [0.3, 0.4) is 0 Å². The van der Waals surface area contributed by atoms with E-state index in [1.807, 2.05) is 49.2 Å². The van der Waals surface area contributed by atoms with E-state index in [-0.39, 0.29) is 5.91 Å². The molecule has 3 aromatic rings. The van der Waals surface area contributed by atoms with Gasteiger partial charge in [0.25, 0.3) is 5.91 Å². The van der Waals surface area contributed by atoms with Crippen molar-refractivity contribution in [2.75, 3.05) is 42.3 Å². The Morgan fingerprint density at radius 2 is 1.81 bits per heavy atom. The maximum absolute atomic E-state index is 13.1. The lowest BCUT2D eigenvalue weighted by molar-refractivity contribution is 0.0994. The van der Waals surface area contributed by atoms with Crippen LogP contribution in [-0.4, -0.2) is 47.4 Å². The number of rotatable bonds is 4. The van der Waals surface area contributed by atoms with E-state index in [0.717, 1.165) is 30.0 Å². The van der Waals surface area contributed by atoms with Crippen molar-refractivity contribution < 1.29 is 4.79 Å². The molecule has 0 atom stereocenters. The Labute approximate surface area is 192 Å². The number of anilines is 5. The fraction of sp³-hybridized carbons (Fsp3) is 0.292. The second-order valence-electron chi connectivity index (χ2n) is 8.23. The van der Waals surface area contributed by atoms with Crippen LogP contribution in [-0.2, 0) is 0 Å². The van der Waals surface area contributed by atoms with Crippen molar-refractivity contribution in [3.8, 4) is 0 Å². The summed E-state index contributed by atoms with van der Waals surface area (Å²) in [5, 5.41) is 3.34. The molecule has 8 heteroatoms. The number of carbonyl (C=O) groups is 1. The smallest absolute Gasteiger partial charge is 0.260 e. The predicted molar refractivity (Wildman–Crippen MR) is 130 cm³/mol. The van der Waals surface area contributed by atoms with Crippen molar-refractivity contribution in [1.29, 1.82) is 0 Å². The summed E-state index contributed by atoms with van der Waals surface area (Å²) in [7, 11) is 3.70. The van der Waals surface area contributed by atoms with Crippen LogP contribution in [0, 0.1) is 6.92 Å². The Kier molecular flexibility index (Phi) is 5.48. The largest absolute Gasteiger partial charge is 0.327 e. The predicted octanol–water partition coefficient (Wildman–Crippen LogP) is 4.99. The van der Waals surface area contributed by atoms with E-state index in [1.165, 1.54) is 17.7 Å². The van der Waals surface area contributed by atoms with Gasteiger partial charge in [0.05, 0.1) is 17.4 Å². The lowest BCUT2D eigenvalue weighted by atomic mass is 10.1. The number of fused-ring (bicyclic) bond motifs is 2. The Balaban J connectivity index is 1.45. The zero-order chi connectivity index (χ0) is 22.2. The highest BCUT2D eigenvalue weighted by Gasteiger charge is 2.29. The zero-order valence-electron chi connectivity index (χ0n) is 18.5. The summed E-state index contributed by atoms with van der Waals surface area (Å²) < 4.78 is 2.40. The van der Waals surface area contributed by atoms with Crippen LogP contribution >= 0.6 is 11.9 Å². The molecule has 32 heavy (non-hydrogen) atoms. The molecule has 1 fully saturated rings. The quantitative estimate of drug-likeness (QED) is 0.567. The van der Waals surface area contributed by atoms with Crippen LogP contribution < -0.4 is 15.1 Å². The van der Waals surface area contributed by atoms with Gasteiger partial charge in [-0.25, -0.2) is 9.29 Å². The van der Waals surface area contributed by atoms with Crippen LogP contribution in [0.25, 0.3) is 0 Å². The highest BCUT2D eigenvalue weighted by Crippen LogP contribution is 2.38. The van der Waals surface area contributed by atoms with E-state index in [9.17, 15) is 4.79 Å². The van der Waals surface area contributed by atoms with E-state index in [1.54, 1.807) is 30.1 Å². The molecule has 1 amide bonds. The molecule has 2 aliphatic heterocycles. The number of nitrogens with one attached hydrogen (secondary N) is 1. The average molecular weight is 447 g/mol. The summed E-state index contributed by atoms with van der Waals surface area (Å²) in [6.45, 7) is 4.26. The van der Waals surface area contributed by atoms with Crippen molar-refractivity contribution in [2.45, 2.75) is 24.7 Å². The maximum Gasteiger partial charge on any atom is 0.260 e. The minimum absolute atomic E-state index is 0.0646. The zero-order valence-corrected chi connectivity index (χ0v) is 19.3. The van der Waals surface area contributed by atoms with Crippen molar-refractivity contribution in [2.24, 2.45) is 0 Å². The third-order valence-corrected chi connectivity index (χ3v) is 6.96. The monoisotopic (exact) mass is 446 g/mol. The van der Waals surface area contributed by atoms with E-state index in [4.69, 9.17) is 4.98 Å². The number of hydrogen-bond donors (Lipinski definition) is 1. The van der Waals surface area contributed by atoms with Gasteiger partial charge >= 0.3 is 0 Å². The molecule has 5 rings (SSSR count). The summed E-state index contributed by atoms with van der Waals surface area (Å²) >= 11 is 1.80. The van der Waals surface area contributed by atoms with E-state index in [2.05, 4.69) is 26.7 Å². The summed E-state index contributed by atoms with van der Waals surface area (Å²) in [4.78, 5) is 27.1. The van der Waals surface area contributed by atoms with Gasteiger partial charge in [-0.1, -0.05) is 17.7 Å². The molecular formula is C24H26N6OS. The van der Waals surface area contributed by atoms with Crippen molar-refractivity contribution >= 4 is 46.7 Å². The maximum atomic E-state index is 13.1. The second kappa shape index (κ2) is 8.44. The molecule has 0 saturated carbocycles. The Morgan fingerprint density at radius 1 is 1.00 bits per heavy atom. The summed E-state index contributed by atoms with van der Waals surface area (Å²) in [5.74, 6) is 1.11. The molecule has 7 nitrogen and oxygen atoms in total. The highest BCUT2D eigenvalue weighted by molar-refractivity contribution is 7.97. The van der Waals surface area contributed by atoms with Gasteiger partial charge in [-0.2, -0.15) is 4.98 Å². The fourth-order valence-corrected chi connectivity index (χ4v) is 5.17. The first kappa shape index (κ1) is 20.8. The van der Waals surface area contributed by atoms with Crippen molar-refractivity contribution in [3.63, 3.8) is 0 Å². The first-order chi connectivity index (χ1) is 15.5. The Bertz CT molecular complexity index is 1180. The SMILES string of the molecule is Cc1ccc2c(c1)C(=O)N(C)c1cnc(Nc3cccc(SN4CCCC4)c3)nc1N2C. The summed E-state index contributed by atoms with van der Waals surface area (Å²) in [6, 6.07) is 14.2. The molecule has 1 N–H and O–H groups in total. The molecule has 2 aliphatic rings. The van der Waals surface area contributed by atoms with Crippen LogP contribution in [0.2, 0.25) is 0 Å². The van der Waals surface area contributed by atoms with Crippen LogP contribution in [0.4, 0.5) is 28.8 Å². The van der Waals surface area contributed by atoms with Crippen LogP contribution in [0.1, 0.15) is 28.8 Å². The first-order valence-corrected chi connectivity index (χ1v) is 11.6. The van der Waals surface area contributed by atoms with Gasteiger partial charge in [-0.15, -0.1) is 0 Å². The van der Waals surface area contributed by atoms with E-state index >= 15 is 0 Å². The number of amides is 1.